The first kappa shape index (κ1) is 32.5. The molecule has 0 aliphatic carbocycles. The number of thiazole rings is 1. The number of benzene rings is 4. The number of hydrogen-bond acceptors (Lipinski definition) is 11. The SMILES string of the molecule is CCOC(=O)C1=C(c2ccccc2)N=c2s/c(=C\c3ccc(Oc4ccc([N+](=O)[O-])cc4[N+](=O)[O-])cc3)c(=O)n2[C@@H]1c1ccc(OC)cc1. The minimum absolute atomic E-state index is 0.126. The minimum Gasteiger partial charge on any atom is -0.497 e. The van der Waals surface area contributed by atoms with Gasteiger partial charge in [-0.1, -0.05) is 65.9 Å². The average molecular weight is 679 g/mol. The summed E-state index contributed by atoms with van der Waals surface area (Å²) in [6.45, 7) is 1.84. The molecule has 0 saturated heterocycles. The molecule has 0 N–H and O–H groups in total. The number of carbonyl (C=O) groups excluding carboxylic acids is 1. The van der Waals surface area contributed by atoms with Crippen LogP contribution in [0, 0.1) is 20.2 Å². The van der Waals surface area contributed by atoms with Gasteiger partial charge in [0.25, 0.3) is 11.2 Å². The van der Waals surface area contributed by atoms with E-state index in [1.54, 1.807) is 68.6 Å². The van der Waals surface area contributed by atoms with Gasteiger partial charge in [-0.15, -0.1) is 0 Å². The normalized spacial score (nSPS) is 14.1. The lowest BCUT2D eigenvalue weighted by molar-refractivity contribution is -0.394. The number of carbonyl (C=O) groups is 1. The number of aromatic nitrogens is 1. The van der Waals surface area contributed by atoms with Crippen molar-refractivity contribution in [2.45, 2.75) is 13.0 Å². The standard InChI is InChI=1S/C35H26N4O9S/c1-3-47-34(41)30-31(22-7-5-4-6-8-22)36-35-37(32(30)23-11-16-25(46-2)17-12-23)33(40)29(49-35)19-21-9-14-26(15-10-21)48-28-18-13-24(38(42)43)20-27(28)39(44)45/h4-20,32H,3H2,1-2H3/b29-19-/t32-/m1/s1. The number of ether oxygens (including phenoxy) is 3. The van der Waals surface area contributed by atoms with Gasteiger partial charge < -0.3 is 14.2 Å². The fourth-order valence-electron chi connectivity index (χ4n) is 5.30. The van der Waals surface area contributed by atoms with Crippen LogP contribution < -0.4 is 24.4 Å². The van der Waals surface area contributed by atoms with Crippen LogP contribution in [0.4, 0.5) is 11.4 Å². The van der Waals surface area contributed by atoms with Gasteiger partial charge in [0.1, 0.15) is 11.5 Å². The molecule has 14 heteroatoms. The average Bonchev–Trinajstić information content (AvgIpc) is 3.42. The number of non-ortho nitro benzene ring substituents is 1. The zero-order valence-corrected chi connectivity index (χ0v) is 26.8. The molecule has 0 unspecified atom stereocenters. The van der Waals surface area contributed by atoms with Crippen molar-refractivity contribution in [2.24, 2.45) is 4.99 Å². The van der Waals surface area contributed by atoms with E-state index in [4.69, 9.17) is 19.2 Å². The van der Waals surface area contributed by atoms with E-state index in [0.717, 1.165) is 23.5 Å². The van der Waals surface area contributed by atoms with Gasteiger partial charge in [0.15, 0.2) is 4.80 Å². The molecule has 6 rings (SSSR count). The lowest BCUT2D eigenvalue weighted by atomic mass is 9.93. The third-order valence-corrected chi connectivity index (χ3v) is 8.54. The van der Waals surface area contributed by atoms with Gasteiger partial charge in [-0.3, -0.25) is 29.6 Å². The number of nitro benzene ring substituents is 2. The summed E-state index contributed by atoms with van der Waals surface area (Å²) in [6.07, 6.45) is 1.67. The van der Waals surface area contributed by atoms with Crippen LogP contribution in [0.25, 0.3) is 11.8 Å². The van der Waals surface area contributed by atoms with Crippen LogP contribution in [-0.4, -0.2) is 34.1 Å². The highest BCUT2D eigenvalue weighted by Gasteiger charge is 2.35. The predicted molar refractivity (Wildman–Crippen MR) is 180 cm³/mol. The Hall–Kier alpha value is -6.41. The Morgan fingerprint density at radius 3 is 2.27 bits per heavy atom. The Labute approximate surface area is 281 Å². The van der Waals surface area contributed by atoms with E-state index in [1.165, 1.54) is 10.6 Å². The Morgan fingerprint density at radius 1 is 0.939 bits per heavy atom. The second-order valence-corrected chi connectivity index (χ2v) is 11.6. The molecule has 1 aliphatic rings. The molecule has 4 aromatic carbocycles. The van der Waals surface area contributed by atoms with Gasteiger partial charge in [-0.05, 0) is 54.5 Å². The quantitative estimate of drug-likeness (QED) is 0.105. The highest BCUT2D eigenvalue weighted by molar-refractivity contribution is 7.07. The Bertz CT molecular complexity index is 2300. The zero-order valence-electron chi connectivity index (χ0n) is 26.0. The molecular weight excluding hydrogens is 652 g/mol. The van der Waals surface area contributed by atoms with Crippen LogP contribution in [0.15, 0.2) is 112 Å². The molecule has 0 saturated carbocycles. The molecule has 13 nitrogen and oxygen atoms in total. The highest BCUT2D eigenvalue weighted by atomic mass is 32.1. The molecule has 49 heavy (non-hydrogen) atoms. The van der Waals surface area contributed by atoms with Gasteiger partial charge in [0.05, 0.1) is 51.5 Å². The lowest BCUT2D eigenvalue weighted by Gasteiger charge is -2.26. The second kappa shape index (κ2) is 13.8. The molecule has 1 aromatic heterocycles. The largest absolute Gasteiger partial charge is 0.497 e. The smallest absolute Gasteiger partial charge is 0.338 e. The molecular formula is C35H26N4O9S. The van der Waals surface area contributed by atoms with Gasteiger partial charge in [-0.2, -0.15) is 0 Å². The third-order valence-electron chi connectivity index (χ3n) is 7.56. The number of methoxy groups -OCH3 is 1. The predicted octanol–water partition coefficient (Wildman–Crippen LogP) is 5.55. The summed E-state index contributed by atoms with van der Waals surface area (Å²) in [6, 6.07) is 25.0. The maximum Gasteiger partial charge on any atom is 0.338 e. The van der Waals surface area contributed by atoms with Crippen LogP contribution in [0.2, 0.25) is 0 Å². The van der Waals surface area contributed by atoms with Gasteiger partial charge >= 0.3 is 11.7 Å². The summed E-state index contributed by atoms with van der Waals surface area (Å²) < 4.78 is 18.3. The number of esters is 1. The van der Waals surface area contributed by atoms with Crippen molar-refractivity contribution < 1.29 is 28.9 Å². The van der Waals surface area contributed by atoms with Gasteiger partial charge in [-0.25, -0.2) is 9.79 Å². The number of rotatable bonds is 10. The summed E-state index contributed by atoms with van der Waals surface area (Å²) in [7, 11) is 1.55. The molecule has 0 radical (unpaired) electrons. The maximum absolute atomic E-state index is 14.1. The molecule has 1 atom stereocenters. The summed E-state index contributed by atoms with van der Waals surface area (Å²) >= 11 is 1.16. The first-order valence-electron chi connectivity index (χ1n) is 14.8. The zero-order chi connectivity index (χ0) is 34.7. The van der Waals surface area contributed by atoms with Gasteiger partial charge in [0, 0.05) is 11.6 Å². The lowest BCUT2D eigenvalue weighted by Crippen LogP contribution is -2.40. The third kappa shape index (κ3) is 6.57. The first-order chi connectivity index (χ1) is 23.7. The summed E-state index contributed by atoms with van der Waals surface area (Å²) in [5.74, 6) is 0.0872. The van der Waals surface area contributed by atoms with Crippen LogP contribution in [0.5, 0.6) is 17.2 Å². The van der Waals surface area contributed by atoms with E-state index < -0.39 is 33.2 Å². The molecule has 0 amide bonds. The molecule has 5 aromatic rings. The molecule has 0 spiro atoms. The molecule has 1 aliphatic heterocycles. The minimum atomic E-state index is -0.855. The number of fused-ring (bicyclic) bond motifs is 1. The van der Waals surface area contributed by atoms with Crippen molar-refractivity contribution in [3.8, 4) is 17.2 Å². The second-order valence-electron chi connectivity index (χ2n) is 10.5. The number of nitro groups is 2. The summed E-state index contributed by atoms with van der Waals surface area (Å²) in [5, 5.41) is 22.6. The van der Waals surface area contributed by atoms with E-state index in [1.807, 2.05) is 30.3 Å². The Balaban J connectivity index is 1.44. The van der Waals surface area contributed by atoms with Crippen molar-refractivity contribution >= 4 is 40.5 Å². The number of nitrogens with zero attached hydrogens (tertiary/aromatic N) is 4. The first-order valence-corrected chi connectivity index (χ1v) is 15.6. The van der Waals surface area contributed by atoms with Crippen LogP contribution in [0.1, 0.15) is 29.7 Å². The molecule has 0 fully saturated rings. The van der Waals surface area contributed by atoms with Crippen molar-refractivity contribution in [2.75, 3.05) is 13.7 Å². The van der Waals surface area contributed by atoms with Crippen molar-refractivity contribution in [3.05, 3.63) is 159 Å². The van der Waals surface area contributed by atoms with Crippen LogP contribution >= 0.6 is 11.3 Å². The van der Waals surface area contributed by atoms with Gasteiger partial charge in [0.2, 0.25) is 5.75 Å². The summed E-state index contributed by atoms with van der Waals surface area (Å²) in [4.78, 5) is 54.1. The topological polar surface area (TPSA) is 165 Å². The molecule has 2 heterocycles. The monoisotopic (exact) mass is 678 g/mol. The Morgan fingerprint density at radius 2 is 1.63 bits per heavy atom. The molecule has 0 bridgehead atoms. The fourth-order valence-corrected chi connectivity index (χ4v) is 6.30. The number of hydrogen-bond donors (Lipinski definition) is 0. The highest BCUT2D eigenvalue weighted by Crippen LogP contribution is 2.36. The van der Waals surface area contributed by atoms with Crippen molar-refractivity contribution in [1.82, 2.24) is 4.57 Å². The molecule has 246 valence electrons. The van der Waals surface area contributed by atoms with Crippen molar-refractivity contribution in [3.63, 3.8) is 0 Å². The van der Waals surface area contributed by atoms with E-state index in [9.17, 15) is 29.8 Å². The maximum atomic E-state index is 14.1. The van der Waals surface area contributed by atoms with E-state index in [0.29, 0.717) is 37.5 Å². The van der Waals surface area contributed by atoms with E-state index in [-0.39, 0.29) is 29.2 Å². The van der Waals surface area contributed by atoms with Crippen LogP contribution in [0.3, 0.4) is 0 Å². The van der Waals surface area contributed by atoms with E-state index >= 15 is 0 Å². The fraction of sp³-hybridized carbons (Fsp3) is 0.114. The van der Waals surface area contributed by atoms with E-state index in [2.05, 4.69) is 0 Å². The Kier molecular flexibility index (Phi) is 9.13. The van der Waals surface area contributed by atoms with Crippen molar-refractivity contribution in [1.29, 1.82) is 0 Å². The summed E-state index contributed by atoms with van der Waals surface area (Å²) in [5.41, 5.74) is 1.21. The van der Waals surface area contributed by atoms with Crippen LogP contribution in [-0.2, 0) is 9.53 Å².